The van der Waals surface area contributed by atoms with E-state index in [-0.39, 0.29) is 27.4 Å². The number of carbonyl (C=O) groups excluding carboxylic acids is 1. The zero-order chi connectivity index (χ0) is 24.0. The van der Waals surface area contributed by atoms with Gasteiger partial charge in [-0.15, -0.1) is 11.3 Å². The van der Waals surface area contributed by atoms with E-state index in [0.29, 0.717) is 19.5 Å². The molecule has 0 aliphatic carbocycles. The second-order valence-electron chi connectivity index (χ2n) is 7.70. The van der Waals surface area contributed by atoms with Crippen molar-refractivity contribution >= 4 is 50.5 Å². The van der Waals surface area contributed by atoms with Crippen LogP contribution in [0.15, 0.2) is 70.9 Å². The fraction of sp³-hybridized carbons (Fsp3) is 0.292. The minimum atomic E-state index is -4.06. The SMILES string of the molecule is CCC(C)N(CC(=O)N(Cc1ccccc1)Cc1cccs1)S(=O)(=O)c1cc(Cl)ccc1Cl. The van der Waals surface area contributed by atoms with Gasteiger partial charge in [-0.05, 0) is 48.6 Å². The van der Waals surface area contributed by atoms with Gasteiger partial charge < -0.3 is 4.90 Å². The van der Waals surface area contributed by atoms with Crippen LogP contribution in [0.25, 0.3) is 0 Å². The number of amides is 1. The Morgan fingerprint density at radius 2 is 1.76 bits per heavy atom. The fourth-order valence-electron chi connectivity index (χ4n) is 3.34. The molecule has 1 heterocycles. The highest BCUT2D eigenvalue weighted by Gasteiger charge is 2.33. The molecule has 2 aromatic carbocycles. The summed E-state index contributed by atoms with van der Waals surface area (Å²) >= 11 is 13.8. The molecule has 9 heteroatoms. The van der Waals surface area contributed by atoms with Gasteiger partial charge in [0.25, 0.3) is 0 Å². The van der Waals surface area contributed by atoms with Crippen molar-refractivity contribution in [2.45, 2.75) is 44.3 Å². The first kappa shape index (κ1) is 25.7. The summed E-state index contributed by atoms with van der Waals surface area (Å²) in [5.41, 5.74) is 0.971. The van der Waals surface area contributed by atoms with Gasteiger partial charge in [-0.1, -0.05) is 66.5 Å². The van der Waals surface area contributed by atoms with Gasteiger partial charge in [-0.2, -0.15) is 4.31 Å². The van der Waals surface area contributed by atoms with Crippen molar-refractivity contribution in [3.63, 3.8) is 0 Å². The lowest BCUT2D eigenvalue weighted by Crippen LogP contribution is -2.46. The average Bonchev–Trinajstić information content (AvgIpc) is 3.31. The highest BCUT2D eigenvalue weighted by molar-refractivity contribution is 7.89. The largest absolute Gasteiger partial charge is 0.332 e. The normalized spacial score (nSPS) is 12.6. The zero-order valence-electron chi connectivity index (χ0n) is 18.4. The van der Waals surface area contributed by atoms with Crippen LogP contribution < -0.4 is 0 Å². The maximum absolute atomic E-state index is 13.6. The number of rotatable bonds is 10. The highest BCUT2D eigenvalue weighted by Crippen LogP contribution is 2.29. The summed E-state index contributed by atoms with van der Waals surface area (Å²) in [4.78, 5) is 16.1. The summed E-state index contributed by atoms with van der Waals surface area (Å²) in [6.45, 7) is 4.15. The third-order valence-corrected chi connectivity index (χ3v) is 8.89. The number of nitrogens with zero attached hydrogens (tertiary/aromatic N) is 2. The lowest BCUT2D eigenvalue weighted by atomic mass is 10.2. The van der Waals surface area contributed by atoms with Crippen molar-refractivity contribution in [2.24, 2.45) is 0 Å². The highest BCUT2D eigenvalue weighted by atomic mass is 35.5. The van der Waals surface area contributed by atoms with Crippen LogP contribution in [-0.2, 0) is 27.9 Å². The standard InChI is InChI=1S/C24H26Cl2N2O3S2/c1-3-18(2)28(33(30,31)23-14-20(25)11-12-22(23)26)17-24(29)27(16-21-10-7-13-32-21)15-19-8-5-4-6-9-19/h4-14,18H,3,15-17H2,1-2H3. The van der Waals surface area contributed by atoms with E-state index in [2.05, 4.69) is 0 Å². The minimum Gasteiger partial charge on any atom is -0.332 e. The Morgan fingerprint density at radius 1 is 1.03 bits per heavy atom. The molecule has 5 nitrogen and oxygen atoms in total. The van der Waals surface area contributed by atoms with Crippen LogP contribution in [0.3, 0.4) is 0 Å². The summed E-state index contributed by atoms with van der Waals surface area (Å²) in [5, 5.41) is 2.29. The van der Waals surface area contributed by atoms with Crippen molar-refractivity contribution < 1.29 is 13.2 Å². The third kappa shape index (κ3) is 6.58. The van der Waals surface area contributed by atoms with Crippen LogP contribution in [0, 0.1) is 0 Å². The third-order valence-electron chi connectivity index (χ3n) is 5.35. The van der Waals surface area contributed by atoms with Crippen LogP contribution in [0.5, 0.6) is 0 Å². The van der Waals surface area contributed by atoms with Crippen LogP contribution in [0.4, 0.5) is 0 Å². The lowest BCUT2D eigenvalue weighted by Gasteiger charge is -2.30. The van der Waals surface area contributed by atoms with Crippen molar-refractivity contribution in [3.05, 3.63) is 86.5 Å². The molecule has 1 aromatic heterocycles. The molecule has 176 valence electrons. The van der Waals surface area contributed by atoms with E-state index in [0.717, 1.165) is 10.4 Å². The summed E-state index contributed by atoms with van der Waals surface area (Å²) in [7, 11) is -4.06. The zero-order valence-corrected chi connectivity index (χ0v) is 21.6. The second kappa shape index (κ2) is 11.5. The van der Waals surface area contributed by atoms with E-state index in [4.69, 9.17) is 23.2 Å². The van der Waals surface area contributed by atoms with E-state index < -0.39 is 16.1 Å². The van der Waals surface area contributed by atoms with Gasteiger partial charge in [0, 0.05) is 22.5 Å². The van der Waals surface area contributed by atoms with E-state index in [1.54, 1.807) is 23.2 Å². The van der Waals surface area contributed by atoms with Gasteiger partial charge >= 0.3 is 0 Å². The molecule has 0 fully saturated rings. The second-order valence-corrected chi connectivity index (χ2v) is 11.4. The van der Waals surface area contributed by atoms with Gasteiger partial charge in [0.15, 0.2) is 0 Å². The molecule has 0 aliphatic rings. The number of benzene rings is 2. The van der Waals surface area contributed by atoms with Gasteiger partial charge in [-0.3, -0.25) is 4.79 Å². The first-order chi connectivity index (χ1) is 15.7. The molecule has 0 bridgehead atoms. The van der Waals surface area contributed by atoms with Crippen LogP contribution in [0.2, 0.25) is 10.0 Å². The van der Waals surface area contributed by atoms with E-state index in [1.165, 1.54) is 22.5 Å². The smallest absolute Gasteiger partial charge is 0.245 e. The lowest BCUT2D eigenvalue weighted by molar-refractivity contribution is -0.133. The molecular formula is C24H26Cl2N2O3S2. The molecule has 0 radical (unpaired) electrons. The predicted molar refractivity (Wildman–Crippen MR) is 135 cm³/mol. The Bertz CT molecular complexity index is 1170. The number of hydrogen-bond acceptors (Lipinski definition) is 4. The molecule has 0 spiro atoms. The summed E-state index contributed by atoms with van der Waals surface area (Å²) in [6, 6.07) is 17.4. The molecular weight excluding hydrogens is 499 g/mol. The van der Waals surface area contributed by atoms with Gasteiger partial charge in [0.1, 0.15) is 4.90 Å². The van der Waals surface area contributed by atoms with Crippen molar-refractivity contribution in [2.75, 3.05) is 6.54 Å². The molecule has 0 aliphatic heterocycles. The Hall–Kier alpha value is -1.90. The molecule has 0 N–H and O–H groups in total. The van der Waals surface area contributed by atoms with Crippen LogP contribution in [0.1, 0.15) is 30.7 Å². The summed E-state index contributed by atoms with van der Waals surface area (Å²) in [6.07, 6.45) is 0.536. The molecule has 1 amide bonds. The molecule has 33 heavy (non-hydrogen) atoms. The maximum Gasteiger partial charge on any atom is 0.245 e. The predicted octanol–water partition coefficient (Wildman–Crippen LogP) is 6.07. The molecule has 3 aromatic rings. The molecule has 1 atom stereocenters. The van der Waals surface area contributed by atoms with Crippen molar-refractivity contribution in [1.82, 2.24) is 9.21 Å². The number of halogens is 2. The maximum atomic E-state index is 13.6. The molecule has 0 saturated carbocycles. The molecule has 1 unspecified atom stereocenters. The number of thiophene rings is 1. The van der Waals surface area contributed by atoms with Gasteiger partial charge in [-0.25, -0.2) is 8.42 Å². The first-order valence-corrected chi connectivity index (χ1v) is 13.6. The van der Waals surface area contributed by atoms with Crippen molar-refractivity contribution in [3.8, 4) is 0 Å². The Kier molecular flexibility index (Phi) is 8.95. The van der Waals surface area contributed by atoms with Gasteiger partial charge in [0.2, 0.25) is 15.9 Å². The van der Waals surface area contributed by atoms with Gasteiger partial charge in [0.05, 0.1) is 18.1 Å². The number of carbonyl (C=O) groups is 1. The first-order valence-electron chi connectivity index (χ1n) is 10.5. The quantitative estimate of drug-likeness (QED) is 0.323. The fourth-order valence-corrected chi connectivity index (χ4v) is 6.46. The van der Waals surface area contributed by atoms with Crippen molar-refractivity contribution in [1.29, 1.82) is 0 Å². The number of hydrogen-bond donors (Lipinski definition) is 0. The van der Waals surface area contributed by atoms with Crippen LogP contribution in [-0.4, -0.2) is 36.1 Å². The monoisotopic (exact) mass is 524 g/mol. The van der Waals surface area contributed by atoms with E-state index >= 15 is 0 Å². The molecule has 0 saturated heterocycles. The minimum absolute atomic E-state index is 0.0693. The van der Waals surface area contributed by atoms with Crippen LogP contribution >= 0.6 is 34.5 Å². The van der Waals surface area contributed by atoms with E-state index in [9.17, 15) is 13.2 Å². The van der Waals surface area contributed by atoms with E-state index in [1.807, 2.05) is 54.8 Å². The Morgan fingerprint density at radius 3 is 2.39 bits per heavy atom. The molecule has 3 rings (SSSR count). The average molecular weight is 526 g/mol. The topological polar surface area (TPSA) is 57.7 Å². The summed E-state index contributed by atoms with van der Waals surface area (Å²) < 4.78 is 28.3. The Balaban J connectivity index is 1.92. The summed E-state index contributed by atoms with van der Waals surface area (Å²) in [5.74, 6) is -0.283. The Labute approximate surface area is 209 Å². The number of sulfonamides is 1.